The van der Waals surface area contributed by atoms with Crippen molar-refractivity contribution in [2.75, 3.05) is 6.54 Å². The molecule has 3 heteroatoms. The summed E-state index contributed by atoms with van der Waals surface area (Å²) in [6, 6.07) is 5.35. The maximum Gasteiger partial charge on any atom is 0.126 e. The summed E-state index contributed by atoms with van der Waals surface area (Å²) in [5, 5.41) is 3.57. The number of ether oxygens (including phenoxy) is 1. The zero-order valence-electron chi connectivity index (χ0n) is 13.0. The Hall–Kier alpha value is -1.09. The monoisotopic (exact) mass is 279 g/mol. The van der Waals surface area contributed by atoms with E-state index in [-0.39, 0.29) is 17.3 Å². The standard InChI is InChI=1S/C17H26FNO/c1-5-19-16-15(7-6-10-17(16,3)4)20-13-8-9-14(18)12(2)11-13/h8-9,11,15-16,19H,5-7,10H2,1-4H3. The maximum atomic E-state index is 13.3. The lowest BCUT2D eigenvalue weighted by Crippen LogP contribution is -2.54. The summed E-state index contributed by atoms with van der Waals surface area (Å²) in [5.74, 6) is 0.596. The zero-order valence-corrected chi connectivity index (χ0v) is 13.0. The van der Waals surface area contributed by atoms with Gasteiger partial charge in [0.05, 0.1) is 0 Å². The first kappa shape index (κ1) is 15.3. The number of hydrogen-bond donors (Lipinski definition) is 1. The lowest BCUT2D eigenvalue weighted by atomic mass is 9.71. The Bertz CT molecular complexity index is 458. The highest BCUT2D eigenvalue weighted by molar-refractivity contribution is 5.29. The van der Waals surface area contributed by atoms with Crippen LogP contribution < -0.4 is 10.1 Å². The predicted octanol–water partition coefficient (Wildman–Crippen LogP) is 4.07. The van der Waals surface area contributed by atoms with Crippen LogP contribution in [0.1, 0.15) is 45.6 Å². The van der Waals surface area contributed by atoms with Crippen LogP contribution in [0.3, 0.4) is 0 Å². The molecule has 2 rings (SSSR count). The molecule has 0 aliphatic heterocycles. The quantitative estimate of drug-likeness (QED) is 0.897. The SMILES string of the molecule is CCNC1C(Oc2ccc(F)c(C)c2)CCCC1(C)C. The normalized spacial score (nSPS) is 25.4. The van der Waals surface area contributed by atoms with Crippen molar-refractivity contribution in [3.63, 3.8) is 0 Å². The van der Waals surface area contributed by atoms with Gasteiger partial charge in [-0.1, -0.05) is 20.8 Å². The molecule has 112 valence electrons. The van der Waals surface area contributed by atoms with Crippen LogP contribution in [0.4, 0.5) is 4.39 Å². The Morgan fingerprint density at radius 3 is 2.80 bits per heavy atom. The predicted molar refractivity (Wildman–Crippen MR) is 80.6 cm³/mol. The molecular formula is C17H26FNO. The van der Waals surface area contributed by atoms with E-state index in [1.54, 1.807) is 19.1 Å². The van der Waals surface area contributed by atoms with Gasteiger partial charge in [0.1, 0.15) is 17.7 Å². The second kappa shape index (κ2) is 6.13. The third kappa shape index (κ3) is 3.32. The Labute approximate surface area is 121 Å². The second-order valence-electron chi connectivity index (χ2n) is 6.48. The van der Waals surface area contributed by atoms with Gasteiger partial charge in [-0.3, -0.25) is 0 Å². The first-order chi connectivity index (χ1) is 9.44. The fraction of sp³-hybridized carbons (Fsp3) is 0.647. The highest BCUT2D eigenvalue weighted by Crippen LogP contribution is 2.37. The molecule has 2 nitrogen and oxygen atoms in total. The van der Waals surface area contributed by atoms with Crippen LogP contribution in [0.2, 0.25) is 0 Å². The van der Waals surface area contributed by atoms with Gasteiger partial charge in [-0.2, -0.15) is 0 Å². The van der Waals surface area contributed by atoms with E-state index >= 15 is 0 Å². The minimum Gasteiger partial charge on any atom is -0.489 e. The Balaban J connectivity index is 2.14. The van der Waals surface area contributed by atoms with Crippen LogP contribution in [0.15, 0.2) is 18.2 Å². The van der Waals surface area contributed by atoms with Gasteiger partial charge in [-0.25, -0.2) is 4.39 Å². The third-order valence-corrected chi connectivity index (χ3v) is 4.36. The molecule has 0 heterocycles. The average molecular weight is 279 g/mol. The summed E-state index contributed by atoms with van der Waals surface area (Å²) in [6.45, 7) is 9.44. The van der Waals surface area contributed by atoms with Gasteiger partial charge in [0.15, 0.2) is 0 Å². The van der Waals surface area contributed by atoms with Crippen LogP contribution >= 0.6 is 0 Å². The number of hydrogen-bond acceptors (Lipinski definition) is 2. The van der Waals surface area contributed by atoms with Gasteiger partial charge >= 0.3 is 0 Å². The molecule has 1 aromatic carbocycles. The number of likely N-dealkylation sites (N-methyl/N-ethyl adjacent to an activating group) is 1. The molecule has 0 spiro atoms. The van der Waals surface area contributed by atoms with Gasteiger partial charge in [0.2, 0.25) is 0 Å². The number of benzene rings is 1. The molecule has 20 heavy (non-hydrogen) atoms. The largest absolute Gasteiger partial charge is 0.489 e. The fourth-order valence-corrected chi connectivity index (χ4v) is 3.20. The van der Waals surface area contributed by atoms with Crippen LogP contribution in [0.25, 0.3) is 0 Å². The molecule has 0 bridgehead atoms. The van der Waals surface area contributed by atoms with Crippen molar-refractivity contribution < 1.29 is 9.13 Å². The highest BCUT2D eigenvalue weighted by atomic mass is 19.1. The average Bonchev–Trinajstić information content (AvgIpc) is 2.38. The minimum absolute atomic E-state index is 0.156. The van der Waals surface area contributed by atoms with E-state index in [0.717, 1.165) is 18.7 Å². The maximum absolute atomic E-state index is 13.3. The number of aryl methyl sites for hydroxylation is 1. The van der Waals surface area contributed by atoms with Crippen LogP contribution in [0.5, 0.6) is 5.75 Å². The van der Waals surface area contributed by atoms with E-state index in [1.807, 2.05) is 0 Å². The Kier molecular flexibility index (Phi) is 4.69. The molecule has 1 aliphatic carbocycles. The van der Waals surface area contributed by atoms with E-state index in [0.29, 0.717) is 11.6 Å². The minimum atomic E-state index is -0.176. The van der Waals surface area contributed by atoms with E-state index < -0.39 is 0 Å². The summed E-state index contributed by atoms with van der Waals surface area (Å²) in [4.78, 5) is 0. The first-order valence-electron chi connectivity index (χ1n) is 7.60. The van der Waals surface area contributed by atoms with Crippen LogP contribution in [-0.4, -0.2) is 18.7 Å². The first-order valence-corrected chi connectivity index (χ1v) is 7.60. The molecule has 1 saturated carbocycles. The molecule has 1 N–H and O–H groups in total. The Morgan fingerprint density at radius 2 is 2.15 bits per heavy atom. The van der Waals surface area contributed by atoms with Crippen molar-refractivity contribution in [2.45, 2.75) is 59.1 Å². The van der Waals surface area contributed by atoms with Crippen LogP contribution in [0, 0.1) is 18.2 Å². The highest BCUT2D eigenvalue weighted by Gasteiger charge is 2.39. The van der Waals surface area contributed by atoms with Gasteiger partial charge in [-0.15, -0.1) is 0 Å². The van der Waals surface area contributed by atoms with E-state index in [2.05, 4.69) is 26.1 Å². The van der Waals surface area contributed by atoms with Crippen molar-refractivity contribution >= 4 is 0 Å². The van der Waals surface area contributed by atoms with Crippen molar-refractivity contribution in [2.24, 2.45) is 5.41 Å². The van der Waals surface area contributed by atoms with Crippen molar-refractivity contribution in [3.05, 3.63) is 29.6 Å². The van der Waals surface area contributed by atoms with Crippen molar-refractivity contribution in [3.8, 4) is 5.75 Å². The van der Waals surface area contributed by atoms with E-state index in [1.165, 1.54) is 18.9 Å². The van der Waals surface area contributed by atoms with E-state index in [9.17, 15) is 4.39 Å². The van der Waals surface area contributed by atoms with Gasteiger partial charge < -0.3 is 10.1 Å². The summed E-state index contributed by atoms with van der Waals surface area (Å²) >= 11 is 0. The lowest BCUT2D eigenvalue weighted by Gasteiger charge is -2.44. The topological polar surface area (TPSA) is 21.3 Å². The fourth-order valence-electron chi connectivity index (χ4n) is 3.20. The molecule has 0 amide bonds. The van der Waals surface area contributed by atoms with Gasteiger partial charge in [0.25, 0.3) is 0 Å². The summed E-state index contributed by atoms with van der Waals surface area (Å²) in [7, 11) is 0. The number of rotatable bonds is 4. The molecule has 2 unspecified atom stereocenters. The lowest BCUT2D eigenvalue weighted by molar-refractivity contribution is 0.0371. The molecular weight excluding hydrogens is 253 g/mol. The molecule has 1 fully saturated rings. The van der Waals surface area contributed by atoms with Crippen LogP contribution in [-0.2, 0) is 0 Å². The van der Waals surface area contributed by atoms with Gasteiger partial charge in [-0.05, 0) is 61.9 Å². The molecule has 0 saturated heterocycles. The zero-order chi connectivity index (χ0) is 14.8. The summed E-state index contributed by atoms with van der Waals surface area (Å²) in [5.41, 5.74) is 0.867. The van der Waals surface area contributed by atoms with Crippen molar-refractivity contribution in [1.82, 2.24) is 5.32 Å². The number of halogens is 1. The molecule has 0 aromatic heterocycles. The molecule has 1 aliphatic rings. The smallest absolute Gasteiger partial charge is 0.126 e. The second-order valence-corrected chi connectivity index (χ2v) is 6.48. The van der Waals surface area contributed by atoms with Crippen molar-refractivity contribution in [1.29, 1.82) is 0 Å². The third-order valence-electron chi connectivity index (χ3n) is 4.36. The molecule has 1 aromatic rings. The van der Waals surface area contributed by atoms with Gasteiger partial charge in [0, 0.05) is 6.04 Å². The number of nitrogens with one attached hydrogen (secondary N) is 1. The van der Waals surface area contributed by atoms with E-state index in [4.69, 9.17) is 4.74 Å². The summed E-state index contributed by atoms with van der Waals surface area (Å²) in [6.07, 6.45) is 3.60. The molecule has 0 radical (unpaired) electrons. The summed E-state index contributed by atoms with van der Waals surface area (Å²) < 4.78 is 19.5. The molecule has 2 atom stereocenters. The Morgan fingerprint density at radius 1 is 1.40 bits per heavy atom.